The van der Waals surface area contributed by atoms with E-state index in [0.717, 1.165) is 17.2 Å². The second kappa shape index (κ2) is 9.89. The molecule has 154 valence electrons. The highest BCUT2D eigenvalue weighted by Gasteiger charge is 2.13. The van der Waals surface area contributed by atoms with Gasteiger partial charge in [0.05, 0.1) is 17.8 Å². The molecule has 0 aromatic heterocycles. The van der Waals surface area contributed by atoms with Crippen LogP contribution < -0.4 is 16.0 Å². The van der Waals surface area contributed by atoms with Crippen molar-refractivity contribution >= 4 is 34.8 Å². The van der Waals surface area contributed by atoms with Gasteiger partial charge in [-0.3, -0.25) is 9.59 Å². The monoisotopic (exact) mass is 425 g/mol. The van der Waals surface area contributed by atoms with Crippen LogP contribution in [0.15, 0.2) is 66.7 Å². The van der Waals surface area contributed by atoms with Gasteiger partial charge in [0.2, 0.25) is 5.91 Å². The molecule has 3 aromatic carbocycles. The van der Waals surface area contributed by atoms with Crippen LogP contribution >= 0.6 is 11.6 Å². The molecule has 0 spiro atoms. The standard InChI is InChI=1S/C23H21ClFN3O2/c1-15-6-8-16(9-7-15)13-27-23(30)18-4-2-3-5-20(18)26-14-22(29)28-21-11-10-17(24)12-19(21)25/h2-12,26H,13-14H2,1H3,(H,27,30)(H,28,29). The Kier molecular flexibility index (Phi) is 7.03. The number of halogens is 2. The number of hydrogen-bond donors (Lipinski definition) is 3. The molecule has 0 heterocycles. The van der Waals surface area contributed by atoms with E-state index in [4.69, 9.17) is 11.6 Å². The van der Waals surface area contributed by atoms with Crippen molar-refractivity contribution in [2.75, 3.05) is 17.2 Å². The third kappa shape index (κ3) is 5.81. The fraction of sp³-hybridized carbons (Fsp3) is 0.130. The van der Waals surface area contributed by atoms with Crippen LogP contribution in [0, 0.1) is 12.7 Å². The molecule has 0 saturated heterocycles. The summed E-state index contributed by atoms with van der Waals surface area (Å²) in [6.45, 7) is 2.26. The highest BCUT2D eigenvalue weighted by Crippen LogP contribution is 2.19. The van der Waals surface area contributed by atoms with Gasteiger partial charge in [-0.25, -0.2) is 4.39 Å². The molecular weight excluding hydrogens is 405 g/mol. The number of para-hydroxylation sites is 1. The van der Waals surface area contributed by atoms with Crippen molar-refractivity contribution in [3.8, 4) is 0 Å². The normalized spacial score (nSPS) is 10.4. The minimum absolute atomic E-state index is 0.0373. The summed E-state index contributed by atoms with van der Waals surface area (Å²) in [6.07, 6.45) is 0. The number of carbonyl (C=O) groups excluding carboxylic acids is 2. The molecule has 30 heavy (non-hydrogen) atoms. The first-order valence-electron chi connectivity index (χ1n) is 9.34. The van der Waals surface area contributed by atoms with Gasteiger partial charge in [-0.15, -0.1) is 0 Å². The van der Waals surface area contributed by atoms with E-state index < -0.39 is 11.7 Å². The van der Waals surface area contributed by atoms with Gasteiger partial charge in [-0.05, 0) is 42.8 Å². The largest absolute Gasteiger partial charge is 0.376 e. The molecule has 0 fully saturated rings. The van der Waals surface area contributed by atoms with Crippen LogP contribution in [0.5, 0.6) is 0 Å². The Labute approximate surface area is 179 Å². The van der Waals surface area contributed by atoms with Crippen molar-refractivity contribution in [1.82, 2.24) is 5.32 Å². The van der Waals surface area contributed by atoms with E-state index in [1.165, 1.54) is 12.1 Å². The number of hydrogen-bond acceptors (Lipinski definition) is 3. The molecule has 3 N–H and O–H groups in total. The maximum atomic E-state index is 13.8. The Morgan fingerprint density at radius 3 is 2.43 bits per heavy atom. The second-order valence-corrected chi connectivity index (χ2v) is 7.18. The third-order valence-corrected chi connectivity index (χ3v) is 4.63. The van der Waals surface area contributed by atoms with Crippen molar-refractivity contribution in [3.05, 3.63) is 94.3 Å². The number of carbonyl (C=O) groups is 2. The summed E-state index contributed by atoms with van der Waals surface area (Å²) >= 11 is 5.71. The number of aryl methyl sites for hydroxylation is 1. The Morgan fingerprint density at radius 2 is 1.70 bits per heavy atom. The van der Waals surface area contributed by atoms with E-state index >= 15 is 0 Å². The van der Waals surface area contributed by atoms with Crippen LogP contribution in [0.25, 0.3) is 0 Å². The molecule has 0 saturated carbocycles. The van der Waals surface area contributed by atoms with Gasteiger partial charge in [0, 0.05) is 17.3 Å². The van der Waals surface area contributed by atoms with Crippen molar-refractivity contribution < 1.29 is 14.0 Å². The minimum Gasteiger partial charge on any atom is -0.376 e. The molecule has 5 nitrogen and oxygen atoms in total. The quantitative estimate of drug-likeness (QED) is 0.510. The van der Waals surface area contributed by atoms with E-state index in [-0.39, 0.29) is 23.2 Å². The van der Waals surface area contributed by atoms with Gasteiger partial charge < -0.3 is 16.0 Å². The van der Waals surface area contributed by atoms with Crippen LogP contribution in [0.2, 0.25) is 5.02 Å². The lowest BCUT2D eigenvalue weighted by atomic mass is 10.1. The predicted octanol–water partition coefficient (Wildman–Crippen LogP) is 4.77. The second-order valence-electron chi connectivity index (χ2n) is 6.74. The summed E-state index contributed by atoms with van der Waals surface area (Å²) in [7, 11) is 0. The molecule has 0 unspecified atom stereocenters. The third-order valence-electron chi connectivity index (χ3n) is 4.39. The number of amides is 2. The zero-order chi connectivity index (χ0) is 21.5. The van der Waals surface area contributed by atoms with Crippen molar-refractivity contribution in [3.63, 3.8) is 0 Å². The van der Waals surface area contributed by atoms with Crippen LogP contribution in [-0.2, 0) is 11.3 Å². The number of anilines is 2. The Hall–Kier alpha value is -3.38. The van der Waals surface area contributed by atoms with Gasteiger partial charge in [0.15, 0.2) is 0 Å². The molecule has 0 aliphatic carbocycles. The van der Waals surface area contributed by atoms with Gasteiger partial charge in [0.25, 0.3) is 5.91 Å². The average molecular weight is 426 g/mol. The van der Waals surface area contributed by atoms with Crippen LogP contribution in [0.1, 0.15) is 21.5 Å². The summed E-state index contributed by atoms with van der Waals surface area (Å²) in [6, 6.07) is 18.8. The topological polar surface area (TPSA) is 70.2 Å². The zero-order valence-electron chi connectivity index (χ0n) is 16.3. The Bertz CT molecular complexity index is 1050. The first-order chi connectivity index (χ1) is 14.4. The molecule has 0 aliphatic heterocycles. The number of benzene rings is 3. The number of rotatable bonds is 7. The zero-order valence-corrected chi connectivity index (χ0v) is 17.1. The van der Waals surface area contributed by atoms with E-state index in [1.807, 2.05) is 31.2 Å². The van der Waals surface area contributed by atoms with E-state index in [9.17, 15) is 14.0 Å². The lowest BCUT2D eigenvalue weighted by Crippen LogP contribution is -2.26. The van der Waals surface area contributed by atoms with Crippen LogP contribution in [0.3, 0.4) is 0 Å². The summed E-state index contributed by atoms with van der Waals surface area (Å²) in [4.78, 5) is 24.8. The smallest absolute Gasteiger partial charge is 0.253 e. The van der Waals surface area contributed by atoms with Crippen LogP contribution in [0.4, 0.5) is 15.8 Å². The highest BCUT2D eigenvalue weighted by atomic mass is 35.5. The van der Waals surface area contributed by atoms with Gasteiger partial charge in [-0.1, -0.05) is 53.6 Å². The molecular formula is C23H21ClFN3O2. The Morgan fingerprint density at radius 1 is 0.967 bits per heavy atom. The minimum atomic E-state index is -0.619. The molecule has 3 aromatic rings. The summed E-state index contributed by atoms with van der Waals surface area (Å²) in [5.74, 6) is -1.33. The van der Waals surface area contributed by atoms with Crippen molar-refractivity contribution in [2.45, 2.75) is 13.5 Å². The molecule has 0 radical (unpaired) electrons. The van der Waals surface area contributed by atoms with Gasteiger partial charge >= 0.3 is 0 Å². The fourth-order valence-corrected chi connectivity index (χ4v) is 2.94. The Balaban J connectivity index is 1.59. The van der Waals surface area contributed by atoms with E-state index in [2.05, 4.69) is 16.0 Å². The number of nitrogens with one attached hydrogen (secondary N) is 3. The molecule has 0 aliphatic rings. The first kappa shape index (κ1) is 21.3. The maximum Gasteiger partial charge on any atom is 0.253 e. The molecule has 0 atom stereocenters. The lowest BCUT2D eigenvalue weighted by molar-refractivity contribution is -0.114. The highest BCUT2D eigenvalue weighted by molar-refractivity contribution is 6.30. The van der Waals surface area contributed by atoms with Gasteiger partial charge in [-0.2, -0.15) is 0 Å². The molecule has 3 rings (SSSR count). The van der Waals surface area contributed by atoms with Crippen molar-refractivity contribution in [1.29, 1.82) is 0 Å². The van der Waals surface area contributed by atoms with Crippen molar-refractivity contribution in [2.24, 2.45) is 0 Å². The van der Waals surface area contributed by atoms with Gasteiger partial charge in [0.1, 0.15) is 5.82 Å². The fourth-order valence-electron chi connectivity index (χ4n) is 2.78. The molecule has 0 bridgehead atoms. The summed E-state index contributed by atoms with van der Waals surface area (Å²) < 4.78 is 13.8. The summed E-state index contributed by atoms with van der Waals surface area (Å²) in [5.41, 5.74) is 3.09. The SMILES string of the molecule is Cc1ccc(CNC(=O)c2ccccc2NCC(=O)Nc2ccc(Cl)cc2F)cc1. The van der Waals surface area contributed by atoms with E-state index in [1.54, 1.807) is 24.3 Å². The van der Waals surface area contributed by atoms with E-state index in [0.29, 0.717) is 17.8 Å². The predicted molar refractivity (Wildman–Crippen MR) is 117 cm³/mol. The summed E-state index contributed by atoms with van der Waals surface area (Å²) in [5, 5.41) is 8.52. The van der Waals surface area contributed by atoms with Crippen LogP contribution in [-0.4, -0.2) is 18.4 Å². The maximum absolute atomic E-state index is 13.8. The average Bonchev–Trinajstić information content (AvgIpc) is 2.74. The molecule has 2 amide bonds. The first-order valence-corrected chi connectivity index (χ1v) is 9.72. The lowest BCUT2D eigenvalue weighted by Gasteiger charge is -2.13. The molecule has 7 heteroatoms.